The zero-order chi connectivity index (χ0) is 13.4. The lowest BCUT2D eigenvalue weighted by atomic mass is 10.1. The van der Waals surface area contributed by atoms with Crippen molar-refractivity contribution in [1.82, 2.24) is 4.90 Å². The Morgan fingerprint density at radius 3 is 2.78 bits per heavy atom. The van der Waals surface area contributed by atoms with Crippen molar-refractivity contribution in [2.24, 2.45) is 0 Å². The van der Waals surface area contributed by atoms with Crippen molar-refractivity contribution < 1.29 is 29.3 Å². The van der Waals surface area contributed by atoms with Gasteiger partial charge in [0.2, 0.25) is 0 Å². The Labute approximate surface area is 106 Å². The van der Waals surface area contributed by atoms with Gasteiger partial charge in [-0.25, -0.2) is 4.79 Å². The minimum atomic E-state index is -1.26. The Bertz CT molecular complexity index is 459. The van der Waals surface area contributed by atoms with E-state index >= 15 is 0 Å². The molecule has 0 aliphatic carbocycles. The number of ether oxygens (including phenoxy) is 1. The lowest BCUT2D eigenvalue weighted by Gasteiger charge is -2.47. The molecule has 2 aliphatic rings. The van der Waals surface area contributed by atoms with Crippen LogP contribution in [0.4, 0.5) is 0 Å². The highest BCUT2D eigenvalue weighted by Crippen LogP contribution is 2.40. The summed E-state index contributed by atoms with van der Waals surface area (Å²) in [6, 6.07) is 0. The van der Waals surface area contributed by atoms with Crippen LogP contribution in [0.25, 0.3) is 0 Å². The number of amides is 1. The van der Waals surface area contributed by atoms with Gasteiger partial charge in [-0.05, 0) is 0 Å². The Morgan fingerprint density at radius 1 is 1.56 bits per heavy atom. The molecule has 8 heteroatoms. The van der Waals surface area contributed by atoms with Crippen molar-refractivity contribution in [1.29, 1.82) is 0 Å². The van der Waals surface area contributed by atoms with Gasteiger partial charge >= 0.3 is 11.9 Å². The summed E-state index contributed by atoms with van der Waals surface area (Å²) in [5.41, 5.74) is 0.175. The number of carbonyl (C=O) groups excluding carboxylic acids is 2. The van der Waals surface area contributed by atoms with Gasteiger partial charge in [-0.3, -0.25) is 14.5 Å². The second kappa shape index (κ2) is 4.62. The highest BCUT2D eigenvalue weighted by atomic mass is 32.2. The largest absolute Gasteiger partial charge is 0.477 e. The number of nitrogens with zero attached hydrogens (tertiary/aromatic N) is 1. The molecule has 98 valence electrons. The molecule has 0 spiro atoms. The fourth-order valence-electron chi connectivity index (χ4n) is 1.83. The van der Waals surface area contributed by atoms with E-state index in [1.54, 1.807) is 0 Å². The summed E-state index contributed by atoms with van der Waals surface area (Å²) in [4.78, 5) is 34.4. The second-order valence-corrected chi connectivity index (χ2v) is 5.00. The molecule has 1 amide bonds. The van der Waals surface area contributed by atoms with Crippen LogP contribution in [-0.4, -0.2) is 56.8 Å². The Balaban J connectivity index is 2.26. The van der Waals surface area contributed by atoms with Crippen molar-refractivity contribution in [3.8, 4) is 0 Å². The molecule has 0 radical (unpaired) electrons. The third-order valence-corrected chi connectivity index (χ3v) is 4.00. The number of carboxylic acid groups (broad SMARTS) is 1. The fourth-order valence-corrected chi connectivity index (χ4v) is 3.08. The normalized spacial score (nSPS) is 26.6. The standard InChI is InChI=1S/C10H11NO6S/c1-4(12)17-2-5-3-18-9-7(13)8(14)11(9)6(5)10(15)16/h7,9,13H,2-3H2,1H3,(H,15,16)/t7?,9-/m1/s1. The molecule has 0 aromatic carbocycles. The van der Waals surface area contributed by atoms with Gasteiger partial charge < -0.3 is 14.9 Å². The maximum Gasteiger partial charge on any atom is 0.352 e. The average molecular weight is 273 g/mol. The number of carboxylic acids is 1. The van der Waals surface area contributed by atoms with Gasteiger partial charge in [-0.2, -0.15) is 0 Å². The SMILES string of the molecule is CC(=O)OCC1=C(C(=O)O)N2C(=O)C(O)[C@H]2SC1. The second-order valence-electron chi connectivity index (χ2n) is 3.89. The summed E-state index contributed by atoms with van der Waals surface area (Å²) in [5, 5.41) is 18.0. The number of esters is 1. The molecule has 0 saturated carbocycles. The Morgan fingerprint density at radius 2 is 2.22 bits per heavy atom. The average Bonchev–Trinajstić information content (AvgIpc) is 2.33. The first-order valence-electron chi connectivity index (χ1n) is 5.15. The summed E-state index contributed by atoms with van der Waals surface area (Å²) in [5.74, 6) is -2.11. The minimum Gasteiger partial charge on any atom is -0.477 e. The summed E-state index contributed by atoms with van der Waals surface area (Å²) in [6.07, 6.45) is -1.15. The van der Waals surface area contributed by atoms with Crippen LogP contribution in [0.2, 0.25) is 0 Å². The van der Waals surface area contributed by atoms with Crippen LogP contribution >= 0.6 is 11.8 Å². The van der Waals surface area contributed by atoms with Crippen LogP contribution in [0.1, 0.15) is 6.92 Å². The molecule has 2 rings (SSSR count). The van der Waals surface area contributed by atoms with Gasteiger partial charge in [0, 0.05) is 18.2 Å². The van der Waals surface area contributed by atoms with E-state index in [0.29, 0.717) is 11.3 Å². The van der Waals surface area contributed by atoms with E-state index < -0.39 is 29.3 Å². The molecule has 0 aromatic heterocycles. The Kier molecular flexibility index (Phi) is 3.31. The molecule has 7 nitrogen and oxygen atoms in total. The van der Waals surface area contributed by atoms with Crippen molar-refractivity contribution in [2.75, 3.05) is 12.4 Å². The minimum absolute atomic E-state index is 0.156. The molecule has 1 unspecified atom stereocenters. The molecule has 1 fully saturated rings. The predicted octanol–water partition coefficient (Wildman–Crippen LogP) is -0.836. The molecule has 2 heterocycles. The van der Waals surface area contributed by atoms with Gasteiger partial charge in [0.05, 0.1) is 0 Å². The number of aliphatic hydroxyl groups is 1. The highest BCUT2D eigenvalue weighted by Gasteiger charge is 2.52. The lowest BCUT2D eigenvalue weighted by Crippen LogP contribution is -2.65. The first-order valence-corrected chi connectivity index (χ1v) is 6.19. The van der Waals surface area contributed by atoms with Crippen LogP contribution in [0.5, 0.6) is 0 Å². The van der Waals surface area contributed by atoms with Gasteiger partial charge in [0.15, 0.2) is 6.10 Å². The number of aliphatic hydroxyl groups excluding tert-OH is 1. The highest BCUT2D eigenvalue weighted by molar-refractivity contribution is 8.00. The van der Waals surface area contributed by atoms with Crippen molar-refractivity contribution >= 4 is 29.6 Å². The van der Waals surface area contributed by atoms with E-state index in [2.05, 4.69) is 0 Å². The number of rotatable bonds is 3. The summed E-state index contributed by atoms with van der Waals surface area (Å²) in [7, 11) is 0. The monoisotopic (exact) mass is 273 g/mol. The molecular weight excluding hydrogens is 262 g/mol. The fraction of sp³-hybridized carbons (Fsp3) is 0.500. The van der Waals surface area contributed by atoms with Crippen LogP contribution in [0.3, 0.4) is 0 Å². The number of aliphatic carboxylic acids is 1. The summed E-state index contributed by atoms with van der Waals surface area (Å²) >= 11 is 1.25. The van der Waals surface area contributed by atoms with Crippen LogP contribution in [0.15, 0.2) is 11.3 Å². The summed E-state index contributed by atoms with van der Waals surface area (Å²) in [6.45, 7) is 1.06. The van der Waals surface area contributed by atoms with Crippen LogP contribution in [0, 0.1) is 0 Å². The number of β-lactam (4-membered cyclic amide) rings is 1. The molecule has 2 aliphatic heterocycles. The molecular formula is C10H11NO6S. The van der Waals surface area contributed by atoms with Crippen molar-refractivity contribution in [2.45, 2.75) is 18.4 Å². The van der Waals surface area contributed by atoms with Crippen LogP contribution in [-0.2, 0) is 19.1 Å². The first-order chi connectivity index (χ1) is 8.43. The van der Waals surface area contributed by atoms with Gasteiger partial charge in [-0.1, -0.05) is 0 Å². The zero-order valence-electron chi connectivity index (χ0n) is 9.45. The smallest absolute Gasteiger partial charge is 0.352 e. The van der Waals surface area contributed by atoms with Gasteiger partial charge in [0.25, 0.3) is 5.91 Å². The molecule has 2 atom stereocenters. The zero-order valence-corrected chi connectivity index (χ0v) is 10.3. The van der Waals surface area contributed by atoms with Gasteiger partial charge in [0.1, 0.15) is 17.7 Å². The molecule has 18 heavy (non-hydrogen) atoms. The predicted molar refractivity (Wildman–Crippen MR) is 60.4 cm³/mol. The maximum absolute atomic E-state index is 11.5. The first kappa shape index (κ1) is 12.9. The molecule has 0 bridgehead atoms. The van der Waals surface area contributed by atoms with Crippen molar-refractivity contribution in [3.05, 3.63) is 11.3 Å². The van der Waals surface area contributed by atoms with E-state index in [9.17, 15) is 19.5 Å². The van der Waals surface area contributed by atoms with Crippen LogP contribution < -0.4 is 0 Å². The molecule has 1 saturated heterocycles. The van der Waals surface area contributed by atoms with Crippen molar-refractivity contribution in [3.63, 3.8) is 0 Å². The number of carbonyl (C=O) groups is 3. The molecule has 2 N–H and O–H groups in total. The maximum atomic E-state index is 11.5. The van der Waals surface area contributed by atoms with E-state index in [0.717, 1.165) is 4.90 Å². The van der Waals surface area contributed by atoms with E-state index in [4.69, 9.17) is 9.84 Å². The topological polar surface area (TPSA) is 104 Å². The van der Waals surface area contributed by atoms with E-state index in [1.165, 1.54) is 18.7 Å². The third-order valence-electron chi connectivity index (χ3n) is 2.67. The number of fused-ring (bicyclic) bond motifs is 1. The number of hydrogen-bond donors (Lipinski definition) is 2. The number of thioether (sulfide) groups is 1. The Hall–Kier alpha value is -1.54. The third kappa shape index (κ3) is 1.97. The lowest BCUT2D eigenvalue weighted by molar-refractivity contribution is -0.159. The molecule has 0 aromatic rings. The van der Waals surface area contributed by atoms with E-state index in [-0.39, 0.29) is 12.3 Å². The number of hydrogen-bond acceptors (Lipinski definition) is 6. The van der Waals surface area contributed by atoms with Gasteiger partial charge in [-0.15, -0.1) is 11.8 Å². The van der Waals surface area contributed by atoms with E-state index in [1.807, 2.05) is 0 Å². The summed E-state index contributed by atoms with van der Waals surface area (Å²) < 4.78 is 4.76. The quantitative estimate of drug-likeness (QED) is 0.510.